The SMILES string of the molecule is COc1ccc(S(=O)(=O)Cc2csc(C)n2)cc1. The second-order valence-electron chi connectivity index (χ2n) is 3.79. The fourth-order valence-electron chi connectivity index (χ4n) is 1.54. The van der Waals surface area contributed by atoms with Crippen LogP contribution >= 0.6 is 11.3 Å². The number of hydrogen-bond donors (Lipinski definition) is 0. The number of rotatable bonds is 4. The third kappa shape index (κ3) is 2.88. The Balaban J connectivity index is 2.24. The first kappa shape index (κ1) is 13.0. The first-order valence-corrected chi connectivity index (χ1v) is 7.82. The van der Waals surface area contributed by atoms with Crippen LogP contribution in [0.4, 0.5) is 0 Å². The van der Waals surface area contributed by atoms with Crippen LogP contribution in [0.25, 0.3) is 0 Å². The van der Waals surface area contributed by atoms with Gasteiger partial charge < -0.3 is 4.74 Å². The highest BCUT2D eigenvalue weighted by atomic mass is 32.2. The van der Waals surface area contributed by atoms with Crippen molar-refractivity contribution in [1.82, 2.24) is 4.98 Å². The van der Waals surface area contributed by atoms with Gasteiger partial charge in [0.05, 0.1) is 28.5 Å². The predicted octanol–water partition coefficient (Wildman–Crippen LogP) is 2.43. The van der Waals surface area contributed by atoms with Crippen LogP contribution in [0.3, 0.4) is 0 Å². The van der Waals surface area contributed by atoms with Gasteiger partial charge in [-0.15, -0.1) is 11.3 Å². The number of ether oxygens (including phenoxy) is 1. The van der Waals surface area contributed by atoms with Crippen molar-refractivity contribution < 1.29 is 13.2 Å². The summed E-state index contributed by atoms with van der Waals surface area (Å²) in [6.07, 6.45) is 0. The van der Waals surface area contributed by atoms with Crippen molar-refractivity contribution in [2.45, 2.75) is 17.6 Å². The van der Waals surface area contributed by atoms with E-state index in [0.717, 1.165) is 5.01 Å². The quantitative estimate of drug-likeness (QED) is 0.864. The van der Waals surface area contributed by atoms with E-state index in [2.05, 4.69) is 4.98 Å². The number of hydrogen-bond acceptors (Lipinski definition) is 5. The maximum atomic E-state index is 12.1. The Hall–Kier alpha value is -1.40. The van der Waals surface area contributed by atoms with E-state index in [4.69, 9.17) is 4.74 Å². The summed E-state index contributed by atoms with van der Waals surface area (Å²) in [4.78, 5) is 4.46. The van der Waals surface area contributed by atoms with Crippen LogP contribution in [0, 0.1) is 6.92 Å². The molecule has 0 fully saturated rings. The molecule has 96 valence electrons. The largest absolute Gasteiger partial charge is 0.497 e. The molecule has 0 radical (unpaired) electrons. The van der Waals surface area contributed by atoms with Gasteiger partial charge in [0.15, 0.2) is 9.84 Å². The lowest BCUT2D eigenvalue weighted by molar-refractivity contribution is 0.414. The Morgan fingerprint density at radius 1 is 1.28 bits per heavy atom. The normalized spacial score (nSPS) is 11.4. The molecule has 6 heteroatoms. The van der Waals surface area contributed by atoms with Crippen molar-refractivity contribution >= 4 is 21.2 Å². The van der Waals surface area contributed by atoms with Crippen molar-refractivity contribution in [2.24, 2.45) is 0 Å². The highest BCUT2D eigenvalue weighted by molar-refractivity contribution is 7.90. The minimum absolute atomic E-state index is 0.0658. The smallest absolute Gasteiger partial charge is 0.184 e. The fraction of sp³-hybridized carbons (Fsp3) is 0.250. The lowest BCUT2D eigenvalue weighted by Gasteiger charge is -2.04. The zero-order valence-electron chi connectivity index (χ0n) is 10.1. The minimum atomic E-state index is -3.34. The number of methoxy groups -OCH3 is 1. The van der Waals surface area contributed by atoms with Crippen LogP contribution in [0.1, 0.15) is 10.7 Å². The molecule has 0 spiro atoms. The molecule has 0 atom stereocenters. The Morgan fingerprint density at radius 3 is 2.44 bits per heavy atom. The van der Waals surface area contributed by atoms with E-state index >= 15 is 0 Å². The van der Waals surface area contributed by atoms with Crippen LogP contribution in [0.2, 0.25) is 0 Å². The lowest BCUT2D eigenvalue weighted by Crippen LogP contribution is -2.05. The summed E-state index contributed by atoms with van der Waals surface area (Å²) in [6, 6.07) is 6.37. The molecule has 0 bridgehead atoms. The van der Waals surface area contributed by atoms with Crippen molar-refractivity contribution in [3.8, 4) is 5.75 Å². The van der Waals surface area contributed by atoms with Gasteiger partial charge in [0, 0.05) is 5.38 Å². The van der Waals surface area contributed by atoms with E-state index in [1.807, 2.05) is 6.92 Å². The maximum absolute atomic E-state index is 12.1. The van der Waals surface area contributed by atoms with Crippen LogP contribution in [-0.4, -0.2) is 20.5 Å². The third-order valence-corrected chi connectivity index (χ3v) is 4.91. The molecule has 18 heavy (non-hydrogen) atoms. The second kappa shape index (κ2) is 5.07. The predicted molar refractivity (Wildman–Crippen MR) is 70.7 cm³/mol. The number of thiazole rings is 1. The zero-order valence-corrected chi connectivity index (χ0v) is 11.7. The summed E-state index contributed by atoms with van der Waals surface area (Å²) in [6.45, 7) is 1.86. The molecule has 0 amide bonds. The molecule has 4 nitrogen and oxygen atoms in total. The monoisotopic (exact) mass is 283 g/mol. The van der Waals surface area contributed by atoms with Crippen molar-refractivity contribution in [1.29, 1.82) is 0 Å². The summed E-state index contributed by atoms with van der Waals surface area (Å²) >= 11 is 1.45. The minimum Gasteiger partial charge on any atom is -0.497 e. The summed E-state index contributed by atoms with van der Waals surface area (Å²) in [5.41, 5.74) is 0.591. The number of aryl methyl sites for hydroxylation is 1. The van der Waals surface area contributed by atoms with E-state index < -0.39 is 9.84 Å². The lowest BCUT2D eigenvalue weighted by atomic mass is 10.3. The van der Waals surface area contributed by atoms with E-state index in [1.54, 1.807) is 36.8 Å². The van der Waals surface area contributed by atoms with E-state index in [9.17, 15) is 8.42 Å². The van der Waals surface area contributed by atoms with Gasteiger partial charge in [-0.05, 0) is 31.2 Å². The molecule has 0 unspecified atom stereocenters. The Morgan fingerprint density at radius 2 is 1.94 bits per heavy atom. The standard InChI is InChI=1S/C12H13NO3S2/c1-9-13-10(7-17-9)8-18(14,15)12-5-3-11(16-2)4-6-12/h3-7H,8H2,1-2H3. The molecule has 0 aliphatic carbocycles. The molecule has 0 aliphatic rings. The topological polar surface area (TPSA) is 56.3 Å². The van der Waals surface area contributed by atoms with Gasteiger partial charge in [-0.2, -0.15) is 0 Å². The van der Waals surface area contributed by atoms with Crippen molar-refractivity contribution in [3.63, 3.8) is 0 Å². The van der Waals surface area contributed by atoms with Gasteiger partial charge in [0.1, 0.15) is 5.75 Å². The average Bonchev–Trinajstić information content (AvgIpc) is 2.74. The van der Waals surface area contributed by atoms with Crippen LogP contribution < -0.4 is 4.74 Å². The summed E-state index contributed by atoms with van der Waals surface area (Å²) < 4.78 is 29.3. The second-order valence-corrected chi connectivity index (χ2v) is 6.84. The molecule has 0 saturated carbocycles. The van der Waals surface area contributed by atoms with Crippen molar-refractivity contribution in [3.05, 3.63) is 40.3 Å². The van der Waals surface area contributed by atoms with Gasteiger partial charge in [-0.1, -0.05) is 0 Å². The Labute approximate surface area is 110 Å². The van der Waals surface area contributed by atoms with Crippen molar-refractivity contribution in [2.75, 3.05) is 7.11 Å². The van der Waals surface area contributed by atoms with Gasteiger partial charge in [-0.25, -0.2) is 13.4 Å². The maximum Gasteiger partial charge on any atom is 0.184 e. The molecule has 2 aromatic rings. The number of aromatic nitrogens is 1. The van der Waals surface area contributed by atoms with Gasteiger partial charge in [-0.3, -0.25) is 0 Å². The van der Waals surface area contributed by atoms with Gasteiger partial charge in [0.2, 0.25) is 0 Å². The average molecular weight is 283 g/mol. The molecule has 1 aromatic heterocycles. The van der Waals surface area contributed by atoms with Crippen LogP contribution in [-0.2, 0) is 15.6 Å². The molecule has 0 saturated heterocycles. The third-order valence-electron chi connectivity index (χ3n) is 2.42. The highest BCUT2D eigenvalue weighted by Gasteiger charge is 2.16. The molecular weight excluding hydrogens is 270 g/mol. The molecule has 1 aromatic carbocycles. The number of benzene rings is 1. The van der Waals surface area contributed by atoms with E-state index in [1.165, 1.54) is 11.3 Å². The first-order valence-electron chi connectivity index (χ1n) is 5.29. The number of nitrogens with zero attached hydrogens (tertiary/aromatic N) is 1. The van der Waals surface area contributed by atoms with Crippen LogP contribution in [0.5, 0.6) is 5.75 Å². The Bertz CT molecular complexity index is 630. The van der Waals surface area contributed by atoms with E-state index in [0.29, 0.717) is 11.4 Å². The first-order chi connectivity index (χ1) is 8.51. The molecule has 1 heterocycles. The Kier molecular flexibility index (Phi) is 3.68. The highest BCUT2D eigenvalue weighted by Crippen LogP contribution is 2.20. The molecule has 0 N–H and O–H groups in total. The summed E-state index contributed by atoms with van der Waals surface area (Å²) in [7, 11) is -1.79. The van der Waals surface area contributed by atoms with Crippen LogP contribution in [0.15, 0.2) is 34.5 Å². The van der Waals surface area contributed by atoms with E-state index in [-0.39, 0.29) is 10.6 Å². The van der Waals surface area contributed by atoms with Gasteiger partial charge in [0.25, 0.3) is 0 Å². The molecule has 2 rings (SSSR count). The zero-order chi connectivity index (χ0) is 13.2. The number of sulfone groups is 1. The fourth-order valence-corrected chi connectivity index (χ4v) is 3.51. The summed E-state index contributed by atoms with van der Waals surface area (Å²) in [5, 5.41) is 2.64. The van der Waals surface area contributed by atoms with Gasteiger partial charge >= 0.3 is 0 Å². The summed E-state index contributed by atoms with van der Waals surface area (Å²) in [5.74, 6) is 0.572. The molecule has 0 aliphatic heterocycles. The molecular formula is C12H13NO3S2.